The van der Waals surface area contributed by atoms with Crippen molar-refractivity contribution in [2.75, 3.05) is 0 Å². The van der Waals surface area contributed by atoms with Crippen molar-refractivity contribution < 1.29 is 0 Å². The average Bonchev–Trinajstić information content (AvgIpc) is 2.75. The van der Waals surface area contributed by atoms with Gasteiger partial charge in [-0.05, 0) is 73.8 Å². The second kappa shape index (κ2) is 8.50. The Morgan fingerprint density at radius 1 is 0.926 bits per heavy atom. The van der Waals surface area contributed by atoms with Gasteiger partial charge in [0.1, 0.15) is 0 Å². The minimum absolute atomic E-state index is 0.556. The molecule has 4 atom stereocenters. The minimum atomic E-state index is 0.556. The molecular formula is C26H35N. The van der Waals surface area contributed by atoms with Gasteiger partial charge in [0.15, 0.2) is 0 Å². The van der Waals surface area contributed by atoms with E-state index in [2.05, 4.69) is 73.8 Å². The molecule has 1 aliphatic heterocycles. The predicted molar refractivity (Wildman–Crippen MR) is 116 cm³/mol. The van der Waals surface area contributed by atoms with Gasteiger partial charge in [-0.3, -0.25) is 0 Å². The molecule has 0 amide bonds. The average molecular weight is 362 g/mol. The number of hydrogen-bond acceptors (Lipinski definition) is 1. The monoisotopic (exact) mass is 361 g/mol. The predicted octanol–water partition coefficient (Wildman–Crippen LogP) is 6.64. The lowest BCUT2D eigenvalue weighted by Gasteiger charge is -2.40. The molecular weight excluding hydrogens is 326 g/mol. The van der Waals surface area contributed by atoms with Crippen LogP contribution in [0.15, 0.2) is 71.5 Å². The van der Waals surface area contributed by atoms with Gasteiger partial charge in [0.05, 0.1) is 0 Å². The third-order valence-electron chi connectivity index (χ3n) is 6.80. The molecule has 0 spiro atoms. The first-order valence-corrected chi connectivity index (χ1v) is 11.1. The van der Waals surface area contributed by atoms with E-state index >= 15 is 0 Å². The zero-order valence-electron chi connectivity index (χ0n) is 17.0. The van der Waals surface area contributed by atoms with Crippen molar-refractivity contribution in [3.05, 3.63) is 71.5 Å². The largest absolute Gasteiger partial charge is 0.382 e. The van der Waals surface area contributed by atoms with E-state index in [9.17, 15) is 0 Å². The van der Waals surface area contributed by atoms with Gasteiger partial charge < -0.3 is 5.32 Å². The molecule has 144 valence electrons. The van der Waals surface area contributed by atoms with Crippen LogP contribution in [0, 0.1) is 23.7 Å². The standard InChI is InChI=1S/C26H35N/c1-19(2)26-24(17-18-25(27-26)23-11-7-4-8-12-23)22-15-13-21(14-16-22)20-9-5-3-6-10-20/h5,7,9,11-15,18-20,22,24,26-27H,3-4,6,8,10,16-17H2,1-2H3. The molecule has 0 saturated heterocycles. The third-order valence-corrected chi connectivity index (χ3v) is 6.80. The Bertz CT molecular complexity index is 712. The van der Waals surface area contributed by atoms with Gasteiger partial charge in [-0.15, -0.1) is 0 Å². The van der Waals surface area contributed by atoms with Crippen LogP contribution in [0.4, 0.5) is 0 Å². The van der Waals surface area contributed by atoms with Crippen molar-refractivity contribution in [2.24, 2.45) is 23.7 Å². The number of allylic oxidation sites excluding steroid dienone is 10. The second-order valence-electron chi connectivity index (χ2n) is 9.00. The van der Waals surface area contributed by atoms with Crippen LogP contribution in [-0.2, 0) is 0 Å². The highest BCUT2D eigenvalue weighted by molar-refractivity contribution is 5.42. The molecule has 0 aromatic rings. The topological polar surface area (TPSA) is 12.0 Å². The molecule has 0 fully saturated rings. The normalized spacial score (nSPS) is 33.4. The van der Waals surface area contributed by atoms with Gasteiger partial charge in [0.25, 0.3) is 0 Å². The quantitative estimate of drug-likeness (QED) is 0.553. The summed E-state index contributed by atoms with van der Waals surface area (Å²) in [5, 5.41) is 3.92. The summed E-state index contributed by atoms with van der Waals surface area (Å²) >= 11 is 0. The molecule has 0 bridgehead atoms. The van der Waals surface area contributed by atoms with Crippen molar-refractivity contribution in [1.29, 1.82) is 0 Å². The zero-order valence-corrected chi connectivity index (χ0v) is 17.0. The first-order valence-electron chi connectivity index (χ1n) is 11.1. The summed E-state index contributed by atoms with van der Waals surface area (Å²) in [5.74, 6) is 2.66. The van der Waals surface area contributed by atoms with E-state index in [-0.39, 0.29) is 0 Å². The van der Waals surface area contributed by atoms with Crippen molar-refractivity contribution in [1.82, 2.24) is 5.32 Å². The van der Waals surface area contributed by atoms with Crippen LogP contribution < -0.4 is 5.32 Å². The molecule has 1 nitrogen and oxygen atoms in total. The number of hydrogen-bond donors (Lipinski definition) is 1. The summed E-state index contributed by atoms with van der Waals surface area (Å²) in [6.07, 6.45) is 30.5. The number of rotatable bonds is 4. The molecule has 4 rings (SSSR count). The molecule has 0 aromatic carbocycles. The fourth-order valence-electron chi connectivity index (χ4n) is 5.20. The lowest BCUT2D eigenvalue weighted by atomic mass is 9.72. The van der Waals surface area contributed by atoms with Crippen molar-refractivity contribution in [2.45, 2.75) is 64.8 Å². The van der Waals surface area contributed by atoms with Crippen molar-refractivity contribution in [3.8, 4) is 0 Å². The second-order valence-corrected chi connectivity index (χ2v) is 9.00. The van der Waals surface area contributed by atoms with Crippen molar-refractivity contribution >= 4 is 0 Å². The third kappa shape index (κ3) is 4.23. The van der Waals surface area contributed by atoms with Crippen LogP contribution in [-0.4, -0.2) is 6.04 Å². The molecule has 1 heterocycles. The maximum absolute atomic E-state index is 3.92. The van der Waals surface area contributed by atoms with E-state index < -0.39 is 0 Å². The van der Waals surface area contributed by atoms with E-state index in [1.807, 2.05) is 0 Å². The Kier molecular flexibility index (Phi) is 5.86. The summed E-state index contributed by atoms with van der Waals surface area (Å²) < 4.78 is 0. The first kappa shape index (κ1) is 18.6. The maximum atomic E-state index is 3.92. The van der Waals surface area contributed by atoms with Gasteiger partial charge in [0.2, 0.25) is 0 Å². The SMILES string of the molecule is CC(C)C1NC(C2=CCCC=C2)=CCC1C1C=CC(C2C=CCCC2)=CC1. The Hall–Kier alpha value is -1.76. The summed E-state index contributed by atoms with van der Waals surface area (Å²) in [6.45, 7) is 4.75. The zero-order chi connectivity index (χ0) is 18.6. The fourth-order valence-corrected chi connectivity index (χ4v) is 5.20. The lowest BCUT2D eigenvalue weighted by Crippen LogP contribution is -2.45. The molecule has 1 heteroatoms. The van der Waals surface area contributed by atoms with E-state index in [0.29, 0.717) is 29.7 Å². The van der Waals surface area contributed by atoms with E-state index in [4.69, 9.17) is 0 Å². The van der Waals surface area contributed by atoms with Crippen LogP contribution in [0.25, 0.3) is 0 Å². The summed E-state index contributed by atoms with van der Waals surface area (Å²) in [6, 6.07) is 0.556. The fraction of sp³-hybridized carbons (Fsp3) is 0.538. The smallest absolute Gasteiger partial charge is 0.0372 e. The van der Waals surface area contributed by atoms with Gasteiger partial charge in [-0.1, -0.05) is 68.5 Å². The van der Waals surface area contributed by atoms with E-state index in [0.717, 1.165) is 0 Å². The highest BCUT2D eigenvalue weighted by Gasteiger charge is 2.33. The molecule has 0 aromatic heterocycles. The van der Waals surface area contributed by atoms with E-state index in [1.165, 1.54) is 56.2 Å². The highest BCUT2D eigenvalue weighted by Crippen LogP contribution is 2.38. The molecule has 4 unspecified atom stereocenters. The number of nitrogens with one attached hydrogen (secondary N) is 1. The van der Waals surface area contributed by atoms with Crippen LogP contribution in [0.1, 0.15) is 58.8 Å². The van der Waals surface area contributed by atoms with Gasteiger partial charge >= 0.3 is 0 Å². The van der Waals surface area contributed by atoms with E-state index in [1.54, 1.807) is 5.57 Å². The van der Waals surface area contributed by atoms with Crippen LogP contribution in [0.3, 0.4) is 0 Å². The maximum Gasteiger partial charge on any atom is 0.0372 e. The Morgan fingerprint density at radius 3 is 2.52 bits per heavy atom. The molecule has 0 saturated carbocycles. The van der Waals surface area contributed by atoms with Gasteiger partial charge in [0, 0.05) is 17.7 Å². The first-order chi connectivity index (χ1) is 13.2. The van der Waals surface area contributed by atoms with Crippen LogP contribution in [0.2, 0.25) is 0 Å². The van der Waals surface area contributed by atoms with Crippen LogP contribution in [0.5, 0.6) is 0 Å². The molecule has 3 aliphatic carbocycles. The minimum Gasteiger partial charge on any atom is -0.382 e. The summed E-state index contributed by atoms with van der Waals surface area (Å²) in [4.78, 5) is 0. The Balaban J connectivity index is 1.46. The molecule has 1 N–H and O–H groups in total. The van der Waals surface area contributed by atoms with Gasteiger partial charge in [-0.2, -0.15) is 0 Å². The Morgan fingerprint density at radius 2 is 1.85 bits per heavy atom. The van der Waals surface area contributed by atoms with Gasteiger partial charge in [-0.25, -0.2) is 0 Å². The lowest BCUT2D eigenvalue weighted by molar-refractivity contribution is 0.233. The van der Waals surface area contributed by atoms with Crippen molar-refractivity contribution in [3.63, 3.8) is 0 Å². The summed E-state index contributed by atoms with van der Waals surface area (Å²) in [5.41, 5.74) is 4.32. The summed E-state index contributed by atoms with van der Waals surface area (Å²) in [7, 11) is 0. The highest BCUT2D eigenvalue weighted by atomic mass is 15.0. The molecule has 27 heavy (non-hydrogen) atoms. The Labute approximate surface area is 165 Å². The molecule has 4 aliphatic rings. The van der Waals surface area contributed by atoms with Crippen LogP contribution >= 0.6 is 0 Å². The molecule has 0 radical (unpaired) electrons.